The number of nitrogens with one attached hydrogen (secondary N) is 1. The molecule has 3 aliphatic rings. The Morgan fingerprint density at radius 2 is 2.25 bits per heavy atom. The third kappa shape index (κ3) is 2.93. The van der Waals surface area contributed by atoms with E-state index < -0.39 is 0 Å². The van der Waals surface area contributed by atoms with E-state index in [4.69, 9.17) is 4.74 Å². The van der Waals surface area contributed by atoms with Gasteiger partial charge < -0.3 is 15.0 Å². The zero-order valence-electron chi connectivity index (χ0n) is 17.2. The lowest BCUT2D eigenvalue weighted by Gasteiger charge is -2.32. The van der Waals surface area contributed by atoms with Crippen molar-refractivity contribution in [1.82, 2.24) is 24.5 Å². The minimum absolute atomic E-state index is 0.0560. The normalized spacial score (nSPS) is 24.4. The van der Waals surface area contributed by atoms with Crippen LogP contribution in [0.15, 0.2) is 24.5 Å². The summed E-state index contributed by atoms with van der Waals surface area (Å²) in [6.45, 7) is 1.46. The fourth-order valence-corrected chi connectivity index (χ4v) is 7.18. The summed E-state index contributed by atoms with van der Waals surface area (Å²) in [4.78, 5) is 26.7. The van der Waals surface area contributed by atoms with Crippen molar-refractivity contribution in [2.75, 3.05) is 18.5 Å². The van der Waals surface area contributed by atoms with Crippen molar-refractivity contribution in [2.45, 2.75) is 37.8 Å². The molecule has 0 saturated carbocycles. The first kappa shape index (κ1) is 18.8. The Kier molecular flexibility index (Phi) is 4.21. The lowest BCUT2D eigenvalue weighted by molar-refractivity contribution is -0.140. The number of morpholine rings is 1. The first-order valence-corrected chi connectivity index (χ1v) is 12.5. The number of aromatic nitrogens is 4. The summed E-state index contributed by atoms with van der Waals surface area (Å²) in [5, 5.41) is 8.68. The van der Waals surface area contributed by atoms with Gasteiger partial charge in [-0.1, -0.05) is 4.49 Å². The molecule has 2 fully saturated rings. The first-order valence-electron chi connectivity index (χ1n) is 10.9. The quantitative estimate of drug-likeness (QED) is 0.496. The smallest absolute Gasteiger partial charge is 0.226 e. The van der Waals surface area contributed by atoms with E-state index in [2.05, 4.69) is 35.8 Å². The number of fused-ring (bicyclic) bond motifs is 6. The molecule has 32 heavy (non-hydrogen) atoms. The van der Waals surface area contributed by atoms with Crippen LogP contribution < -0.4 is 5.32 Å². The third-order valence-corrected chi connectivity index (χ3v) is 8.74. The molecule has 1 amide bonds. The number of hydrogen-bond acceptors (Lipinski definition) is 9. The van der Waals surface area contributed by atoms with Crippen LogP contribution >= 0.6 is 22.9 Å². The van der Waals surface area contributed by atoms with Crippen molar-refractivity contribution in [3.8, 4) is 0 Å². The van der Waals surface area contributed by atoms with E-state index in [-0.39, 0.29) is 18.1 Å². The monoisotopic (exact) mass is 464 g/mol. The van der Waals surface area contributed by atoms with Crippen molar-refractivity contribution in [3.05, 3.63) is 35.0 Å². The highest BCUT2D eigenvalue weighted by Crippen LogP contribution is 2.41. The van der Waals surface area contributed by atoms with Crippen molar-refractivity contribution in [3.63, 3.8) is 0 Å². The van der Waals surface area contributed by atoms with Gasteiger partial charge in [0.25, 0.3) is 0 Å². The standard InChI is InChI=1S/C22H20N6O2S2/c29-22(28-8-14-7-13(28)9-30-14)11-1-3-15-17(5-11)31-21-19(15)20(23-10-24-21)25-12-2-4-16-18(6-12)32-27-26-16/h2,4,6,10-11,13-14H,1,3,5,7-9H2,(H,23,24,25)/t11-,13+,14+/m0/s1. The summed E-state index contributed by atoms with van der Waals surface area (Å²) in [5.41, 5.74) is 3.15. The van der Waals surface area contributed by atoms with E-state index >= 15 is 0 Å². The molecule has 0 unspecified atom stereocenters. The summed E-state index contributed by atoms with van der Waals surface area (Å²) >= 11 is 3.09. The van der Waals surface area contributed by atoms with Crippen LogP contribution in [0.4, 0.5) is 11.5 Å². The molecule has 8 nitrogen and oxygen atoms in total. The average molecular weight is 465 g/mol. The molecule has 2 saturated heterocycles. The van der Waals surface area contributed by atoms with E-state index in [1.165, 1.54) is 22.0 Å². The number of nitrogens with zero attached hydrogens (tertiary/aromatic N) is 5. The molecular formula is C22H20N6O2S2. The average Bonchev–Trinajstić information content (AvgIpc) is 3.60. The van der Waals surface area contributed by atoms with Gasteiger partial charge in [-0.25, -0.2) is 9.97 Å². The number of rotatable bonds is 3. The zero-order valence-corrected chi connectivity index (χ0v) is 18.8. The van der Waals surface area contributed by atoms with Crippen LogP contribution in [0.3, 0.4) is 0 Å². The van der Waals surface area contributed by atoms with Gasteiger partial charge in [0.1, 0.15) is 22.5 Å². The fraction of sp³-hybridized carbons (Fsp3) is 0.409. The van der Waals surface area contributed by atoms with Crippen LogP contribution in [0.1, 0.15) is 23.3 Å². The topological polar surface area (TPSA) is 93.1 Å². The van der Waals surface area contributed by atoms with Crippen molar-refractivity contribution in [1.29, 1.82) is 0 Å². The van der Waals surface area contributed by atoms with Crippen LogP contribution in [0.25, 0.3) is 20.4 Å². The Morgan fingerprint density at radius 3 is 3.12 bits per heavy atom. The summed E-state index contributed by atoms with van der Waals surface area (Å²) in [7, 11) is 0. The Bertz CT molecular complexity index is 1370. The summed E-state index contributed by atoms with van der Waals surface area (Å²) in [5.74, 6) is 1.18. The maximum Gasteiger partial charge on any atom is 0.226 e. The van der Waals surface area contributed by atoms with E-state index in [0.717, 1.165) is 64.2 Å². The van der Waals surface area contributed by atoms with E-state index in [0.29, 0.717) is 12.5 Å². The number of likely N-dealkylation sites (tertiary alicyclic amines) is 1. The number of benzene rings is 1. The van der Waals surface area contributed by atoms with E-state index in [1.807, 2.05) is 12.1 Å². The van der Waals surface area contributed by atoms with Gasteiger partial charge in [-0.2, -0.15) is 0 Å². The lowest BCUT2D eigenvalue weighted by Crippen LogP contribution is -2.45. The summed E-state index contributed by atoms with van der Waals surface area (Å²) < 4.78 is 10.7. The predicted octanol–water partition coefficient (Wildman–Crippen LogP) is 3.54. The van der Waals surface area contributed by atoms with Gasteiger partial charge in [0, 0.05) is 23.0 Å². The highest BCUT2D eigenvalue weighted by Gasteiger charge is 2.43. The highest BCUT2D eigenvalue weighted by atomic mass is 32.1. The molecule has 2 aliphatic heterocycles. The summed E-state index contributed by atoms with van der Waals surface area (Å²) in [6, 6.07) is 6.30. The zero-order chi connectivity index (χ0) is 21.2. The SMILES string of the molecule is O=C([C@H]1CCc2c(sc3ncnc(Nc4ccc5nnsc5c4)c23)C1)N1C[C@H]2C[C@@H]1CO2. The van der Waals surface area contributed by atoms with Gasteiger partial charge in [-0.3, -0.25) is 4.79 Å². The molecule has 162 valence electrons. The second-order valence-electron chi connectivity index (χ2n) is 8.76. The van der Waals surface area contributed by atoms with E-state index in [9.17, 15) is 4.79 Å². The molecule has 0 spiro atoms. The molecule has 2 bridgehead atoms. The maximum atomic E-state index is 13.2. The molecule has 4 aromatic rings. The minimum atomic E-state index is 0.0560. The Hall–Kier alpha value is -2.69. The van der Waals surface area contributed by atoms with Crippen molar-refractivity contribution in [2.24, 2.45) is 5.92 Å². The molecule has 3 atom stereocenters. The molecule has 0 radical (unpaired) electrons. The Balaban J connectivity index is 1.18. The second kappa shape index (κ2) is 7.16. The lowest BCUT2D eigenvalue weighted by atomic mass is 9.86. The molecular weight excluding hydrogens is 444 g/mol. The number of carbonyl (C=O) groups is 1. The highest BCUT2D eigenvalue weighted by molar-refractivity contribution is 7.19. The maximum absolute atomic E-state index is 13.2. The van der Waals surface area contributed by atoms with Crippen LogP contribution in [0.2, 0.25) is 0 Å². The molecule has 7 rings (SSSR count). The molecule has 1 N–H and O–H groups in total. The minimum Gasteiger partial charge on any atom is -0.374 e. The predicted molar refractivity (Wildman–Crippen MR) is 123 cm³/mol. The second-order valence-corrected chi connectivity index (χ2v) is 10.6. The van der Waals surface area contributed by atoms with Gasteiger partial charge in [-0.05, 0) is 61.0 Å². The molecule has 5 heterocycles. The van der Waals surface area contributed by atoms with Gasteiger partial charge >= 0.3 is 0 Å². The number of anilines is 2. The third-order valence-electron chi connectivity index (χ3n) is 6.89. The number of thiophene rings is 1. The largest absolute Gasteiger partial charge is 0.374 e. The van der Waals surface area contributed by atoms with Crippen molar-refractivity contribution < 1.29 is 9.53 Å². The molecule has 1 aliphatic carbocycles. The molecule has 10 heteroatoms. The van der Waals surface area contributed by atoms with Gasteiger partial charge in [0.15, 0.2) is 0 Å². The summed E-state index contributed by atoms with van der Waals surface area (Å²) in [6.07, 6.45) is 5.41. The Morgan fingerprint density at radius 1 is 1.28 bits per heavy atom. The van der Waals surface area contributed by atoms with Crippen LogP contribution in [0.5, 0.6) is 0 Å². The van der Waals surface area contributed by atoms with Crippen molar-refractivity contribution >= 4 is 60.7 Å². The number of ether oxygens (including phenoxy) is 1. The van der Waals surface area contributed by atoms with Crippen LogP contribution in [-0.4, -0.2) is 55.7 Å². The fourth-order valence-electron chi connectivity index (χ4n) is 5.31. The number of aryl methyl sites for hydroxylation is 1. The Labute approximate surface area is 191 Å². The number of carbonyl (C=O) groups excluding carboxylic acids is 1. The van der Waals surface area contributed by atoms with Gasteiger partial charge in [0.05, 0.1) is 28.8 Å². The van der Waals surface area contributed by atoms with E-state index in [1.54, 1.807) is 17.7 Å². The molecule has 3 aromatic heterocycles. The first-order chi connectivity index (χ1) is 15.7. The van der Waals surface area contributed by atoms with Crippen LogP contribution in [0, 0.1) is 5.92 Å². The van der Waals surface area contributed by atoms with Gasteiger partial charge in [0.2, 0.25) is 5.91 Å². The number of amides is 1. The number of hydrogen-bond donors (Lipinski definition) is 1. The van der Waals surface area contributed by atoms with Gasteiger partial charge in [-0.15, -0.1) is 16.4 Å². The molecule has 1 aromatic carbocycles. The van der Waals surface area contributed by atoms with Crippen LogP contribution in [-0.2, 0) is 22.4 Å².